The van der Waals surface area contributed by atoms with E-state index in [1.165, 1.54) is 19.3 Å². The summed E-state index contributed by atoms with van der Waals surface area (Å²) in [5, 5.41) is 3.49. The van der Waals surface area contributed by atoms with Gasteiger partial charge < -0.3 is 5.32 Å². The first-order valence-corrected chi connectivity index (χ1v) is 18.3. The summed E-state index contributed by atoms with van der Waals surface area (Å²) in [7, 11) is 0. The van der Waals surface area contributed by atoms with E-state index in [9.17, 15) is 0 Å². The fourth-order valence-electron chi connectivity index (χ4n) is 8.26. The summed E-state index contributed by atoms with van der Waals surface area (Å²) in [5.41, 5.74) is 0. The highest BCUT2D eigenvalue weighted by molar-refractivity contribution is 4.89. The molecule has 0 bridgehead atoms. The second-order valence-corrected chi connectivity index (χ2v) is 15.8. The molecule has 0 saturated heterocycles. The molecule has 246 valence electrons. The van der Waals surface area contributed by atoms with Crippen LogP contribution in [0.3, 0.4) is 0 Å². The standard InChI is InChI=1S/C40H81N/c1-19-25(4)26(5)27(6)28(7)29(8)30(9)31(10)32(11)33(12)34(13)35(14)36(15)37(16)38(17)39(18)40(20-2)23-22-24-41-21-3/h20,25-41H,2,19,21-24H2,1,3-18H3. The van der Waals surface area contributed by atoms with E-state index in [-0.39, 0.29) is 0 Å². The molecule has 0 aromatic heterocycles. The molecule has 0 fully saturated rings. The highest BCUT2D eigenvalue weighted by Gasteiger charge is 2.37. The Morgan fingerprint density at radius 3 is 1.02 bits per heavy atom. The van der Waals surface area contributed by atoms with E-state index in [1.54, 1.807) is 0 Å². The molecule has 1 nitrogen and oxygen atoms in total. The quantitative estimate of drug-likeness (QED) is 0.0999. The average molecular weight is 576 g/mol. The van der Waals surface area contributed by atoms with Gasteiger partial charge in [-0.3, -0.25) is 0 Å². The summed E-state index contributed by atoms with van der Waals surface area (Å²) < 4.78 is 0. The maximum absolute atomic E-state index is 4.24. The molecule has 41 heavy (non-hydrogen) atoms. The highest BCUT2D eigenvalue weighted by Crippen LogP contribution is 2.44. The maximum Gasteiger partial charge on any atom is -0.00488 e. The lowest BCUT2D eigenvalue weighted by atomic mass is 9.62. The van der Waals surface area contributed by atoms with Gasteiger partial charge in [0.05, 0.1) is 0 Å². The van der Waals surface area contributed by atoms with Gasteiger partial charge in [0.25, 0.3) is 0 Å². The predicted octanol–water partition coefficient (Wildman–Crippen LogP) is 12.1. The van der Waals surface area contributed by atoms with E-state index in [0.29, 0.717) is 23.7 Å². The minimum Gasteiger partial charge on any atom is -0.317 e. The van der Waals surface area contributed by atoms with Crippen LogP contribution in [0.2, 0.25) is 0 Å². The van der Waals surface area contributed by atoms with Crippen molar-refractivity contribution in [3.8, 4) is 0 Å². The second kappa shape index (κ2) is 19.9. The molecule has 1 heteroatoms. The van der Waals surface area contributed by atoms with Gasteiger partial charge in [-0.15, -0.1) is 6.58 Å². The molecule has 0 rings (SSSR count). The third-order valence-corrected chi connectivity index (χ3v) is 14.4. The van der Waals surface area contributed by atoms with Gasteiger partial charge in [-0.05, 0) is 121 Å². The van der Waals surface area contributed by atoms with E-state index in [0.717, 1.165) is 84.1 Å². The zero-order valence-corrected chi connectivity index (χ0v) is 31.6. The summed E-state index contributed by atoms with van der Waals surface area (Å²) in [6, 6.07) is 0. The molecule has 0 aromatic rings. The molecule has 0 aliphatic heterocycles. The largest absolute Gasteiger partial charge is 0.317 e. The minimum absolute atomic E-state index is 0.618. The molecular formula is C40H81N. The average Bonchev–Trinajstić information content (AvgIpc) is 2.98. The van der Waals surface area contributed by atoms with Crippen molar-refractivity contribution in [3.05, 3.63) is 12.7 Å². The van der Waals surface area contributed by atoms with Gasteiger partial charge in [0, 0.05) is 0 Å². The fraction of sp³-hybridized carbons (Fsp3) is 0.950. The molecule has 1 N–H and O–H groups in total. The minimum atomic E-state index is 0.618. The molecule has 0 aliphatic carbocycles. The predicted molar refractivity (Wildman–Crippen MR) is 189 cm³/mol. The summed E-state index contributed by atoms with van der Waals surface area (Å²) in [6.07, 6.45) is 6.05. The van der Waals surface area contributed by atoms with Crippen LogP contribution < -0.4 is 5.32 Å². The first-order chi connectivity index (χ1) is 19.0. The van der Waals surface area contributed by atoms with Crippen molar-refractivity contribution in [1.29, 1.82) is 0 Å². The number of hydrogen-bond donors (Lipinski definition) is 1. The van der Waals surface area contributed by atoms with Gasteiger partial charge in [-0.1, -0.05) is 130 Å². The van der Waals surface area contributed by atoms with Crippen LogP contribution in [0.5, 0.6) is 0 Å². The fourth-order valence-corrected chi connectivity index (χ4v) is 8.26. The zero-order valence-electron chi connectivity index (χ0n) is 31.6. The maximum atomic E-state index is 4.24. The van der Waals surface area contributed by atoms with Crippen molar-refractivity contribution >= 4 is 0 Å². The molecule has 0 radical (unpaired) electrons. The van der Waals surface area contributed by atoms with Gasteiger partial charge >= 0.3 is 0 Å². The number of hydrogen-bond acceptors (Lipinski definition) is 1. The molecule has 0 spiro atoms. The van der Waals surface area contributed by atoms with E-state index in [4.69, 9.17) is 0 Å². The molecule has 0 saturated carbocycles. The Balaban J connectivity index is 5.32. The second-order valence-electron chi connectivity index (χ2n) is 15.8. The van der Waals surface area contributed by atoms with Gasteiger partial charge in [-0.25, -0.2) is 0 Å². The number of rotatable bonds is 22. The number of allylic oxidation sites excluding steroid dienone is 1. The Morgan fingerprint density at radius 1 is 0.463 bits per heavy atom. The van der Waals surface area contributed by atoms with Crippen LogP contribution in [0.4, 0.5) is 0 Å². The molecule has 0 heterocycles. The Morgan fingerprint density at radius 2 is 0.756 bits per heavy atom. The van der Waals surface area contributed by atoms with Crippen LogP contribution in [-0.4, -0.2) is 13.1 Å². The molecule has 0 aromatic carbocycles. The van der Waals surface area contributed by atoms with Crippen LogP contribution in [-0.2, 0) is 0 Å². The lowest BCUT2D eigenvalue weighted by Crippen LogP contribution is -2.37. The third kappa shape index (κ3) is 11.6. The van der Waals surface area contributed by atoms with Crippen molar-refractivity contribution in [2.24, 2.45) is 94.7 Å². The Labute approximate surface area is 262 Å². The Bertz CT molecular complexity index is 670. The SMILES string of the molecule is C=CC(CCCNCC)C(C)C(C)C(C)C(C)C(C)C(C)C(C)C(C)C(C)C(C)C(C)C(C)C(C)C(C)C(C)CC. The normalized spacial score (nSPS) is 24.3. The molecule has 0 amide bonds. The van der Waals surface area contributed by atoms with E-state index in [1.807, 2.05) is 0 Å². The smallest absolute Gasteiger partial charge is 0.00488 e. The van der Waals surface area contributed by atoms with Crippen LogP contribution in [0, 0.1) is 94.7 Å². The van der Waals surface area contributed by atoms with Crippen molar-refractivity contribution in [2.75, 3.05) is 13.1 Å². The first kappa shape index (κ1) is 40.7. The van der Waals surface area contributed by atoms with Crippen LogP contribution in [0.15, 0.2) is 12.7 Å². The van der Waals surface area contributed by atoms with Gasteiger partial charge in [0.1, 0.15) is 0 Å². The van der Waals surface area contributed by atoms with Crippen molar-refractivity contribution in [1.82, 2.24) is 5.32 Å². The van der Waals surface area contributed by atoms with E-state index >= 15 is 0 Å². The Kier molecular flexibility index (Phi) is 19.7. The summed E-state index contributed by atoms with van der Waals surface area (Å²) in [5.74, 6) is 11.8. The van der Waals surface area contributed by atoms with Crippen molar-refractivity contribution in [2.45, 2.75) is 137 Å². The van der Waals surface area contributed by atoms with Crippen molar-refractivity contribution in [3.63, 3.8) is 0 Å². The lowest BCUT2D eigenvalue weighted by Gasteiger charge is -2.43. The van der Waals surface area contributed by atoms with E-state index < -0.39 is 0 Å². The van der Waals surface area contributed by atoms with Crippen molar-refractivity contribution < 1.29 is 0 Å². The first-order valence-electron chi connectivity index (χ1n) is 18.3. The monoisotopic (exact) mass is 576 g/mol. The molecule has 16 atom stereocenters. The lowest BCUT2D eigenvalue weighted by molar-refractivity contribution is 0.0546. The van der Waals surface area contributed by atoms with Crippen LogP contribution in [0.25, 0.3) is 0 Å². The van der Waals surface area contributed by atoms with Crippen LogP contribution >= 0.6 is 0 Å². The van der Waals surface area contributed by atoms with Gasteiger partial charge in [-0.2, -0.15) is 0 Å². The molecule has 16 unspecified atom stereocenters. The molecule has 0 aliphatic rings. The Hall–Kier alpha value is -0.300. The highest BCUT2D eigenvalue weighted by atomic mass is 14.8. The number of nitrogens with one attached hydrogen (secondary N) is 1. The third-order valence-electron chi connectivity index (χ3n) is 14.4. The molecular weight excluding hydrogens is 494 g/mol. The van der Waals surface area contributed by atoms with Gasteiger partial charge in [0.2, 0.25) is 0 Å². The zero-order chi connectivity index (χ0) is 32.2. The van der Waals surface area contributed by atoms with Gasteiger partial charge in [0.15, 0.2) is 0 Å². The summed E-state index contributed by atoms with van der Waals surface area (Å²) in [6.45, 7) is 49.0. The summed E-state index contributed by atoms with van der Waals surface area (Å²) in [4.78, 5) is 0. The van der Waals surface area contributed by atoms with Crippen LogP contribution in [0.1, 0.15) is 137 Å². The summed E-state index contributed by atoms with van der Waals surface area (Å²) >= 11 is 0. The topological polar surface area (TPSA) is 12.0 Å². The van der Waals surface area contributed by atoms with E-state index in [2.05, 4.69) is 136 Å².